The molecule has 0 saturated carbocycles. The van der Waals surface area contributed by atoms with E-state index in [1.165, 1.54) is 0 Å². The third-order valence-electron chi connectivity index (χ3n) is 3.23. The molecule has 1 heterocycles. The van der Waals surface area contributed by atoms with Crippen LogP contribution in [0, 0.1) is 6.92 Å². The fraction of sp³-hybridized carbons (Fsp3) is 0.118. The first-order valence-electron chi connectivity index (χ1n) is 6.49. The van der Waals surface area contributed by atoms with E-state index in [9.17, 15) is 0 Å². The second kappa shape index (κ2) is 5.31. The topological polar surface area (TPSA) is 42.4 Å². The van der Waals surface area contributed by atoms with E-state index < -0.39 is 0 Å². The number of aliphatic hydroxyl groups is 1. The number of hydrogen-bond donors (Lipinski definition) is 1. The molecule has 0 atom stereocenters. The molecule has 3 heteroatoms. The molecule has 0 unspecified atom stereocenters. The van der Waals surface area contributed by atoms with Crippen LogP contribution in [-0.4, -0.2) is 10.1 Å². The van der Waals surface area contributed by atoms with E-state index in [-0.39, 0.29) is 6.61 Å². The van der Waals surface area contributed by atoms with Crippen LogP contribution in [0.25, 0.3) is 10.9 Å². The SMILES string of the molecule is Cc1cc(CO)ccc1Oc1ccc2cccnc2c1. The highest BCUT2D eigenvalue weighted by Gasteiger charge is 2.04. The lowest BCUT2D eigenvalue weighted by Gasteiger charge is -2.10. The zero-order chi connectivity index (χ0) is 13.9. The molecular formula is C17H15NO2. The lowest BCUT2D eigenvalue weighted by atomic mass is 10.1. The van der Waals surface area contributed by atoms with Crippen LogP contribution in [0.5, 0.6) is 11.5 Å². The molecule has 0 spiro atoms. The molecule has 0 amide bonds. The van der Waals surface area contributed by atoms with E-state index >= 15 is 0 Å². The minimum Gasteiger partial charge on any atom is -0.457 e. The molecule has 20 heavy (non-hydrogen) atoms. The van der Waals surface area contributed by atoms with Gasteiger partial charge in [-0.3, -0.25) is 4.98 Å². The molecule has 3 rings (SSSR count). The maximum absolute atomic E-state index is 9.11. The van der Waals surface area contributed by atoms with Crippen molar-refractivity contribution in [2.75, 3.05) is 0 Å². The summed E-state index contributed by atoms with van der Waals surface area (Å²) in [7, 11) is 0. The molecule has 0 saturated heterocycles. The summed E-state index contributed by atoms with van der Waals surface area (Å²) in [5.74, 6) is 1.55. The van der Waals surface area contributed by atoms with Crippen molar-refractivity contribution in [3.8, 4) is 11.5 Å². The summed E-state index contributed by atoms with van der Waals surface area (Å²) in [6, 6.07) is 15.5. The highest BCUT2D eigenvalue weighted by Crippen LogP contribution is 2.27. The summed E-state index contributed by atoms with van der Waals surface area (Å²) in [5, 5.41) is 10.2. The van der Waals surface area contributed by atoms with Crippen LogP contribution >= 0.6 is 0 Å². The molecular weight excluding hydrogens is 250 g/mol. The van der Waals surface area contributed by atoms with Gasteiger partial charge >= 0.3 is 0 Å². The molecule has 0 radical (unpaired) electrons. The highest BCUT2D eigenvalue weighted by molar-refractivity contribution is 5.79. The molecule has 3 nitrogen and oxygen atoms in total. The first kappa shape index (κ1) is 12.6. The number of aryl methyl sites for hydroxylation is 1. The minimum absolute atomic E-state index is 0.0427. The number of benzene rings is 2. The zero-order valence-electron chi connectivity index (χ0n) is 11.2. The molecule has 0 aliphatic rings. The van der Waals surface area contributed by atoms with Gasteiger partial charge in [-0.25, -0.2) is 0 Å². The normalized spacial score (nSPS) is 10.7. The van der Waals surface area contributed by atoms with Crippen LogP contribution in [0.4, 0.5) is 0 Å². The fourth-order valence-corrected chi connectivity index (χ4v) is 2.16. The summed E-state index contributed by atoms with van der Waals surface area (Å²) in [5.41, 5.74) is 2.79. The standard InChI is InChI=1S/C17H15NO2/c1-12-9-13(11-19)4-7-17(12)20-15-6-5-14-3-2-8-18-16(14)10-15/h2-10,19H,11H2,1H3. The van der Waals surface area contributed by atoms with Crippen molar-refractivity contribution in [1.82, 2.24) is 4.98 Å². The van der Waals surface area contributed by atoms with Gasteiger partial charge in [-0.05, 0) is 42.3 Å². The van der Waals surface area contributed by atoms with Crippen molar-refractivity contribution in [2.45, 2.75) is 13.5 Å². The molecule has 0 bridgehead atoms. The number of pyridine rings is 1. The first-order valence-corrected chi connectivity index (χ1v) is 6.49. The van der Waals surface area contributed by atoms with E-state index in [1.807, 2.05) is 55.5 Å². The van der Waals surface area contributed by atoms with Gasteiger partial charge in [-0.2, -0.15) is 0 Å². The average Bonchev–Trinajstić information content (AvgIpc) is 2.49. The Morgan fingerprint density at radius 3 is 2.80 bits per heavy atom. The fourth-order valence-electron chi connectivity index (χ4n) is 2.16. The van der Waals surface area contributed by atoms with Gasteiger partial charge in [-0.1, -0.05) is 18.2 Å². The molecule has 100 valence electrons. The Kier molecular flexibility index (Phi) is 3.35. The predicted molar refractivity (Wildman–Crippen MR) is 78.9 cm³/mol. The van der Waals surface area contributed by atoms with E-state index in [2.05, 4.69) is 4.98 Å². The number of nitrogens with zero attached hydrogens (tertiary/aromatic N) is 1. The summed E-state index contributed by atoms with van der Waals surface area (Å²) in [6.07, 6.45) is 1.77. The van der Waals surface area contributed by atoms with Crippen molar-refractivity contribution in [3.05, 3.63) is 65.9 Å². The first-order chi connectivity index (χ1) is 9.76. The van der Waals surface area contributed by atoms with Gasteiger partial charge in [-0.15, -0.1) is 0 Å². The Bertz CT molecular complexity index is 753. The molecule has 0 aliphatic carbocycles. The Labute approximate surface area is 117 Å². The predicted octanol–water partition coefficient (Wildman–Crippen LogP) is 3.83. The quantitative estimate of drug-likeness (QED) is 0.782. The monoisotopic (exact) mass is 265 g/mol. The van der Waals surface area contributed by atoms with Crippen molar-refractivity contribution in [1.29, 1.82) is 0 Å². The number of ether oxygens (including phenoxy) is 1. The van der Waals surface area contributed by atoms with Crippen LogP contribution in [0.15, 0.2) is 54.7 Å². The summed E-state index contributed by atoms with van der Waals surface area (Å²) < 4.78 is 5.90. The average molecular weight is 265 g/mol. The van der Waals surface area contributed by atoms with Gasteiger partial charge in [0.1, 0.15) is 11.5 Å². The number of aliphatic hydroxyl groups excluding tert-OH is 1. The Balaban J connectivity index is 1.92. The van der Waals surface area contributed by atoms with Crippen molar-refractivity contribution < 1.29 is 9.84 Å². The second-order valence-corrected chi connectivity index (χ2v) is 4.72. The van der Waals surface area contributed by atoms with E-state index in [0.717, 1.165) is 33.5 Å². The number of hydrogen-bond acceptors (Lipinski definition) is 3. The van der Waals surface area contributed by atoms with Crippen LogP contribution in [-0.2, 0) is 6.61 Å². The third-order valence-corrected chi connectivity index (χ3v) is 3.23. The smallest absolute Gasteiger partial charge is 0.130 e. The zero-order valence-corrected chi connectivity index (χ0v) is 11.2. The summed E-state index contributed by atoms with van der Waals surface area (Å²) in [4.78, 5) is 4.32. The number of fused-ring (bicyclic) bond motifs is 1. The number of rotatable bonds is 3. The van der Waals surface area contributed by atoms with E-state index in [4.69, 9.17) is 9.84 Å². The van der Waals surface area contributed by atoms with Gasteiger partial charge < -0.3 is 9.84 Å². The molecule has 0 fully saturated rings. The minimum atomic E-state index is 0.0427. The Morgan fingerprint density at radius 1 is 1.10 bits per heavy atom. The molecule has 2 aromatic carbocycles. The molecule has 3 aromatic rings. The van der Waals surface area contributed by atoms with Gasteiger partial charge in [0, 0.05) is 17.6 Å². The van der Waals surface area contributed by atoms with Crippen molar-refractivity contribution in [3.63, 3.8) is 0 Å². The van der Waals surface area contributed by atoms with Gasteiger partial charge in [0.15, 0.2) is 0 Å². The Hall–Kier alpha value is -2.39. The van der Waals surface area contributed by atoms with Crippen LogP contribution in [0.3, 0.4) is 0 Å². The van der Waals surface area contributed by atoms with Gasteiger partial charge in [0.2, 0.25) is 0 Å². The lowest BCUT2D eigenvalue weighted by Crippen LogP contribution is -1.91. The van der Waals surface area contributed by atoms with Crippen LogP contribution in [0.2, 0.25) is 0 Å². The third kappa shape index (κ3) is 2.49. The van der Waals surface area contributed by atoms with Gasteiger partial charge in [0.25, 0.3) is 0 Å². The van der Waals surface area contributed by atoms with E-state index in [1.54, 1.807) is 6.20 Å². The molecule has 1 aromatic heterocycles. The van der Waals surface area contributed by atoms with Crippen LogP contribution in [0.1, 0.15) is 11.1 Å². The maximum Gasteiger partial charge on any atom is 0.130 e. The molecule has 1 N–H and O–H groups in total. The summed E-state index contributed by atoms with van der Waals surface area (Å²) in [6.45, 7) is 2.01. The Morgan fingerprint density at radius 2 is 2.00 bits per heavy atom. The maximum atomic E-state index is 9.11. The van der Waals surface area contributed by atoms with Crippen molar-refractivity contribution in [2.24, 2.45) is 0 Å². The van der Waals surface area contributed by atoms with Gasteiger partial charge in [0.05, 0.1) is 12.1 Å². The lowest BCUT2D eigenvalue weighted by molar-refractivity contribution is 0.281. The largest absolute Gasteiger partial charge is 0.457 e. The highest BCUT2D eigenvalue weighted by atomic mass is 16.5. The van der Waals surface area contributed by atoms with Crippen molar-refractivity contribution >= 4 is 10.9 Å². The summed E-state index contributed by atoms with van der Waals surface area (Å²) >= 11 is 0. The van der Waals surface area contributed by atoms with Crippen LogP contribution < -0.4 is 4.74 Å². The number of aromatic nitrogens is 1. The molecule has 0 aliphatic heterocycles. The van der Waals surface area contributed by atoms with E-state index in [0.29, 0.717) is 0 Å². The second-order valence-electron chi connectivity index (χ2n) is 4.72.